The second kappa shape index (κ2) is 12.7. The average molecular weight is 769 g/mol. The molecule has 0 radical (unpaired) electrons. The number of rotatable bonds is 11. The van der Waals surface area contributed by atoms with Crippen LogP contribution in [0.1, 0.15) is 25.8 Å². The van der Waals surface area contributed by atoms with Gasteiger partial charge in [0.1, 0.15) is 0 Å². The third kappa shape index (κ3) is 7.61. The van der Waals surface area contributed by atoms with Crippen molar-refractivity contribution >= 4 is 11.9 Å². The van der Waals surface area contributed by atoms with Gasteiger partial charge in [-0.15, -0.1) is 0 Å². The summed E-state index contributed by atoms with van der Waals surface area (Å²) in [5.74, 6) is -57.9. The molecule has 42 heavy (non-hydrogen) atoms. The van der Waals surface area contributed by atoms with Crippen molar-refractivity contribution in [2.24, 2.45) is 0 Å². The van der Waals surface area contributed by atoms with Crippen molar-refractivity contribution in [1.82, 2.24) is 0 Å². The van der Waals surface area contributed by atoms with Crippen LogP contribution < -0.4 is 21.6 Å². The topological polar surface area (TPSA) is 63.6 Å². The van der Waals surface area contributed by atoms with Crippen LogP contribution in [-0.4, -0.2) is 64.7 Å². The molecule has 0 amide bonds. The van der Waals surface area contributed by atoms with Crippen LogP contribution >= 0.6 is 0 Å². The number of alkyl halides is 17. The molecule has 0 aliphatic rings. The molecule has 0 spiro atoms. The van der Waals surface area contributed by atoms with Crippen LogP contribution in [0.2, 0.25) is 0 Å². The molecule has 0 aromatic heterocycles. The standard InChI is InChI=1S/C18H11F17IO2.C2H4O2/c1-8(37)38-36-10-4-2-9(3-5-10)6-7-11(19,20)12(21,22)13(23,24)14(25,26)15(27,28)16(29,30)17(31,32)18(33,34)35;1-2(3)4/h2-5H,6-7H2,1H3;1H3,(H,3,4)/q-1;. The van der Waals surface area contributed by atoms with E-state index in [-0.39, 0.29) is 5.56 Å². The fourth-order valence-corrected chi connectivity index (χ4v) is 3.67. The number of hydrogen-bond donors (Lipinski definition) is 1. The van der Waals surface area contributed by atoms with Gasteiger partial charge in [-0.1, -0.05) is 0 Å². The van der Waals surface area contributed by atoms with Crippen LogP contribution in [0, 0.1) is 3.57 Å². The van der Waals surface area contributed by atoms with Crippen LogP contribution in [0.25, 0.3) is 0 Å². The Labute approximate surface area is 234 Å². The van der Waals surface area contributed by atoms with Gasteiger partial charge in [0.05, 0.1) is 0 Å². The molecule has 1 rings (SSSR count). The van der Waals surface area contributed by atoms with Gasteiger partial charge in [0.25, 0.3) is 5.97 Å². The van der Waals surface area contributed by atoms with Crippen molar-refractivity contribution in [2.75, 3.05) is 0 Å². The van der Waals surface area contributed by atoms with Crippen LogP contribution in [0.3, 0.4) is 0 Å². The van der Waals surface area contributed by atoms with Gasteiger partial charge < -0.3 is 5.11 Å². The van der Waals surface area contributed by atoms with Gasteiger partial charge in [-0.3, -0.25) is 4.79 Å². The maximum atomic E-state index is 13.9. The Hall–Kier alpha value is -2.30. The molecule has 0 bridgehead atoms. The van der Waals surface area contributed by atoms with Crippen LogP contribution in [0.15, 0.2) is 24.3 Å². The Balaban J connectivity index is 0.00000393. The third-order valence-electron chi connectivity index (χ3n) is 4.66. The molecule has 0 aliphatic carbocycles. The number of benzene rings is 1. The van der Waals surface area contributed by atoms with Gasteiger partial charge in [-0.05, 0) is 0 Å². The molecule has 0 atom stereocenters. The van der Waals surface area contributed by atoms with Crippen LogP contribution in [0.5, 0.6) is 0 Å². The number of halogens is 18. The van der Waals surface area contributed by atoms with Crippen molar-refractivity contribution < 1.29 is 114 Å². The minimum absolute atomic E-state index is 0.296. The van der Waals surface area contributed by atoms with Crippen molar-refractivity contribution in [2.45, 2.75) is 74.3 Å². The summed E-state index contributed by atoms with van der Waals surface area (Å²) in [6.07, 6.45) is -11.7. The van der Waals surface area contributed by atoms with Gasteiger partial charge in [0.15, 0.2) is 0 Å². The van der Waals surface area contributed by atoms with E-state index in [1.165, 1.54) is 0 Å². The Morgan fingerprint density at radius 3 is 1.31 bits per heavy atom. The van der Waals surface area contributed by atoms with E-state index in [0.29, 0.717) is 3.57 Å². The third-order valence-corrected chi connectivity index (χ3v) is 6.73. The van der Waals surface area contributed by atoms with Crippen molar-refractivity contribution in [3.63, 3.8) is 0 Å². The Morgan fingerprint density at radius 2 is 0.976 bits per heavy atom. The number of carboxylic acid groups (broad SMARTS) is 1. The van der Waals surface area contributed by atoms with Gasteiger partial charge in [0, 0.05) is 6.92 Å². The predicted octanol–water partition coefficient (Wildman–Crippen LogP) is 4.46. The van der Waals surface area contributed by atoms with Gasteiger partial charge in [0.2, 0.25) is 0 Å². The van der Waals surface area contributed by atoms with Gasteiger partial charge >= 0.3 is 180 Å². The van der Waals surface area contributed by atoms with Crippen molar-refractivity contribution in [3.8, 4) is 0 Å². The summed E-state index contributed by atoms with van der Waals surface area (Å²) in [7, 11) is 0. The Morgan fingerprint density at radius 1 is 0.643 bits per heavy atom. The van der Waals surface area contributed by atoms with Crippen LogP contribution in [-0.2, 0) is 19.1 Å². The predicted molar refractivity (Wildman–Crippen MR) is 99.2 cm³/mol. The summed E-state index contributed by atoms with van der Waals surface area (Å²) in [5.41, 5.74) is -0.382. The zero-order chi connectivity index (χ0) is 34.0. The van der Waals surface area contributed by atoms with E-state index in [9.17, 15) is 79.4 Å². The molecule has 0 saturated carbocycles. The van der Waals surface area contributed by atoms with E-state index < -0.39 is 94.0 Å². The molecular formula is C20H15F17IO4-. The normalized spacial score (nSPS) is 14.3. The number of aryl methyl sites for hydroxylation is 1. The Bertz CT molecular complexity index is 1080. The summed E-state index contributed by atoms with van der Waals surface area (Å²) in [6.45, 7) is 2.12. The van der Waals surface area contributed by atoms with E-state index in [0.717, 1.165) is 38.1 Å². The van der Waals surface area contributed by atoms with Crippen molar-refractivity contribution in [3.05, 3.63) is 33.4 Å². The molecule has 4 nitrogen and oxygen atoms in total. The molecule has 1 aromatic carbocycles. The molecular weight excluding hydrogens is 754 g/mol. The molecule has 0 aliphatic heterocycles. The van der Waals surface area contributed by atoms with E-state index in [2.05, 4.69) is 3.07 Å². The SMILES string of the molecule is CC(=O)O.CC(=O)O[I-]c1ccc(CCC(F)(F)C(F)(F)C(F)(F)C(F)(F)C(F)(F)C(F)(F)C(F)(F)C(F)(F)F)cc1. The van der Waals surface area contributed by atoms with Crippen molar-refractivity contribution in [1.29, 1.82) is 0 Å². The minimum atomic E-state index is -8.64. The summed E-state index contributed by atoms with van der Waals surface area (Å²) in [6, 6.07) is 3.98. The first-order valence-corrected chi connectivity index (χ1v) is 12.1. The average Bonchev–Trinajstić information content (AvgIpc) is 2.80. The second-order valence-corrected chi connectivity index (χ2v) is 10.1. The number of hydrogen-bond acceptors (Lipinski definition) is 3. The molecule has 0 fully saturated rings. The van der Waals surface area contributed by atoms with E-state index in [4.69, 9.17) is 9.90 Å². The maximum absolute atomic E-state index is 13.9. The molecule has 246 valence electrons. The number of aliphatic carboxylic acids is 1. The summed E-state index contributed by atoms with van der Waals surface area (Å²) >= 11 is -1.40. The molecule has 22 heteroatoms. The molecule has 1 aromatic rings. The van der Waals surface area contributed by atoms with Crippen LogP contribution in [0.4, 0.5) is 74.6 Å². The first-order valence-electron chi connectivity index (χ1n) is 10.2. The molecule has 0 heterocycles. The first-order chi connectivity index (χ1) is 18.3. The Kier molecular flexibility index (Phi) is 12.0. The molecule has 1 N–H and O–H groups in total. The molecule has 0 saturated heterocycles. The second-order valence-electron chi connectivity index (χ2n) is 7.94. The zero-order valence-corrected chi connectivity index (χ0v) is 22.4. The summed E-state index contributed by atoms with van der Waals surface area (Å²) in [4.78, 5) is 19.7. The van der Waals surface area contributed by atoms with E-state index in [1.54, 1.807) is 0 Å². The zero-order valence-electron chi connectivity index (χ0n) is 20.2. The van der Waals surface area contributed by atoms with E-state index in [1.807, 2.05) is 0 Å². The van der Waals surface area contributed by atoms with Gasteiger partial charge in [-0.25, -0.2) is 0 Å². The fraction of sp³-hybridized carbons (Fsp3) is 0.600. The fourth-order valence-electron chi connectivity index (χ4n) is 2.46. The summed E-state index contributed by atoms with van der Waals surface area (Å²) < 4.78 is 230. The number of carboxylic acids is 1. The quantitative estimate of drug-likeness (QED) is 0.267. The monoisotopic (exact) mass is 769 g/mol. The first kappa shape index (κ1) is 39.7. The van der Waals surface area contributed by atoms with Gasteiger partial charge in [-0.2, -0.15) is 30.7 Å². The number of carbonyl (C=O) groups is 2. The number of carbonyl (C=O) groups excluding carboxylic acids is 1. The summed E-state index contributed by atoms with van der Waals surface area (Å²) in [5, 5.41) is 7.42. The molecule has 0 unspecified atom stereocenters. The van der Waals surface area contributed by atoms with E-state index >= 15 is 0 Å².